The molecule has 0 spiro atoms. The molecule has 0 bridgehead atoms. The van der Waals surface area contributed by atoms with Gasteiger partial charge in [-0.05, 0) is 24.3 Å². The van der Waals surface area contributed by atoms with Crippen LogP contribution in [0.15, 0.2) is 30.5 Å². The maximum Gasteiger partial charge on any atom is 0.152 e. The van der Waals surface area contributed by atoms with Crippen LogP contribution in [0.1, 0.15) is 30.6 Å². The minimum Gasteiger partial charge on any atom is -0.390 e. The number of aldehydes is 1. The predicted molar refractivity (Wildman–Crippen MR) is 92.7 cm³/mol. The standard InChI is InChI=1S/C19H26N2O2/c1-14-7-15(2)9-20(8-14)11-17(23)12-21-10-16(13-22)18-5-3-4-6-19(18)21/h3-6,10,13-15,17,23H,7-9,11-12H2,1-2H3/t14-,15+,17-/m0/s1. The minimum absolute atomic E-state index is 0.428. The number of carbonyl (C=O) groups is 1. The number of β-amino-alcohol motifs (C(OH)–C–C–N with tert-alkyl or cyclic N) is 1. The molecule has 1 N–H and O–H groups in total. The van der Waals surface area contributed by atoms with Crippen molar-refractivity contribution in [3.05, 3.63) is 36.0 Å². The van der Waals surface area contributed by atoms with Crippen LogP contribution in [-0.2, 0) is 6.54 Å². The molecule has 1 aliphatic heterocycles. The first-order chi connectivity index (χ1) is 11.1. The third-order valence-corrected chi connectivity index (χ3v) is 4.77. The zero-order chi connectivity index (χ0) is 16.4. The van der Waals surface area contributed by atoms with Crippen molar-refractivity contribution in [2.45, 2.75) is 32.9 Å². The van der Waals surface area contributed by atoms with Crippen LogP contribution in [0, 0.1) is 11.8 Å². The number of likely N-dealkylation sites (tertiary alicyclic amines) is 1. The topological polar surface area (TPSA) is 45.5 Å². The summed E-state index contributed by atoms with van der Waals surface area (Å²) in [5, 5.41) is 11.5. The molecule has 1 fully saturated rings. The first kappa shape index (κ1) is 16.2. The number of nitrogens with zero attached hydrogens (tertiary/aromatic N) is 2. The first-order valence-electron chi connectivity index (χ1n) is 8.50. The third kappa shape index (κ3) is 3.65. The van der Waals surface area contributed by atoms with Crippen molar-refractivity contribution < 1.29 is 9.90 Å². The molecule has 0 saturated carbocycles. The summed E-state index contributed by atoms with van der Waals surface area (Å²) in [7, 11) is 0. The quantitative estimate of drug-likeness (QED) is 0.863. The summed E-state index contributed by atoms with van der Waals surface area (Å²) in [4.78, 5) is 13.6. The Morgan fingerprint density at radius 3 is 2.61 bits per heavy atom. The summed E-state index contributed by atoms with van der Waals surface area (Å²) in [5.41, 5.74) is 1.70. The van der Waals surface area contributed by atoms with Gasteiger partial charge in [0.2, 0.25) is 0 Å². The van der Waals surface area contributed by atoms with Crippen molar-refractivity contribution in [2.75, 3.05) is 19.6 Å². The normalized spacial score (nSPS) is 24.0. The van der Waals surface area contributed by atoms with E-state index in [0.717, 1.165) is 30.3 Å². The van der Waals surface area contributed by atoms with Crippen LogP contribution in [-0.4, -0.2) is 46.6 Å². The minimum atomic E-state index is -0.428. The number of hydrogen-bond acceptors (Lipinski definition) is 3. The van der Waals surface area contributed by atoms with E-state index in [1.807, 2.05) is 35.0 Å². The summed E-state index contributed by atoms with van der Waals surface area (Å²) in [6, 6.07) is 7.86. The molecule has 2 heterocycles. The summed E-state index contributed by atoms with van der Waals surface area (Å²) >= 11 is 0. The molecular formula is C19H26N2O2. The molecule has 23 heavy (non-hydrogen) atoms. The lowest BCUT2D eigenvalue weighted by molar-refractivity contribution is 0.0620. The van der Waals surface area contributed by atoms with Gasteiger partial charge in [-0.2, -0.15) is 0 Å². The Morgan fingerprint density at radius 2 is 1.91 bits per heavy atom. The van der Waals surface area contributed by atoms with Crippen LogP contribution < -0.4 is 0 Å². The molecule has 0 unspecified atom stereocenters. The Kier molecular flexibility index (Phi) is 4.83. The Hall–Kier alpha value is -1.65. The van der Waals surface area contributed by atoms with Crippen LogP contribution in [0.3, 0.4) is 0 Å². The third-order valence-electron chi connectivity index (χ3n) is 4.77. The molecule has 4 nitrogen and oxygen atoms in total. The van der Waals surface area contributed by atoms with Crippen LogP contribution >= 0.6 is 0 Å². The first-order valence-corrected chi connectivity index (χ1v) is 8.50. The molecule has 124 valence electrons. The van der Waals surface area contributed by atoms with Gasteiger partial charge in [-0.1, -0.05) is 32.0 Å². The van der Waals surface area contributed by atoms with Crippen LogP contribution in [0.4, 0.5) is 0 Å². The van der Waals surface area contributed by atoms with E-state index in [2.05, 4.69) is 18.7 Å². The van der Waals surface area contributed by atoms with Gasteiger partial charge in [0.05, 0.1) is 6.10 Å². The van der Waals surface area contributed by atoms with Gasteiger partial charge in [0.25, 0.3) is 0 Å². The van der Waals surface area contributed by atoms with E-state index in [4.69, 9.17) is 0 Å². The van der Waals surface area contributed by atoms with E-state index in [1.54, 1.807) is 0 Å². The zero-order valence-corrected chi connectivity index (χ0v) is 14.0. The van der Waals surface area contributed by atoms with E-state index < -0.39 is 6.10 Å². The fourth-order valence-electron chi connectivity index (χ4n) is 4.04. The molecule has 3 rings (SSSR count). The number of aliphatic hydroxyl groups excluding tert-OH is 1. The summed E-state index contributed by atoms with van der Waals surface area (Å²) in [6.07, 6.45) is 3.59. The number of piperidine rings is 1. The second kappa shape index (κ2) is 6.85. The van der Waals surface area contributed by atoms with E-state index in [-0.39, 0.29) is 0 Å². The number of hydrogen-bond donors (Lipinski definition) is 1. The van der Waals surface area contributed by atoms with Crippen molar-refractivity contribution in [1.29, 1.82) is 0 Å². The van der Waals surface area contributed by atoms with Gasteiger partial charge in [-0.25, -0.2) is 0 Å². The fourth-order valence-corrected chi connectivity index (χ4v) is 4.04. The van der Waals surface area contributed by atoms with E-state index in [9.17, 15) is 9.90 Å². The highest BCUT2D eigenvalue weighted by molar-refractivity contribution is 5.97. The van der Waals surface area contributed by atoms with Crippen molar-refractivity contribution in [3.8, 4) is 0 Å². The summed E-state index contributed by atoms with van der Waals surface area (Å²) in [6.45, 7) is 7.90. The molecule has 1 saturated heterocycles. The summed E-state index contributed by atoms with van der Waals surface area (Å²) < 4.78 is 2.00. The van der Waals surface area contributed by atoms with Gasteiger partial charge >= 0.3 is 0 Å². The number of para-hydroxylation sites is 1. The molecule has 0 amide bonds. The molecule has 0 radical (unpaired) electrons. The van der Waals surface area contributed by atoms with Gasteiger partial charge in [-0.15, -0.1) is 0 Å². The SMILES string of the molecule is C[C@@H]1C[C@H](C)CN(C[C@H](O)Cn2cc(C=O)c3ccccc32)C1. The highest BCUT2D eigenvalue weighted by Gasteiger charge is 2.23. The number of rotatable bonds is 5. The van der Waals surface area contributed by atoms with E-state index in [1.165, 1.54) is 6.42 Å². The van der Waals surface area contributed by atoms with Crippen molar-refractivity contribution in [3.63, 3.8) is 0 Å². The van der Waals surface area contributed by atoms with Gasteiger partial charge < -0.3 is 14.6 Å². The van der Waals surface area contributed by atoms with Crippen LogP contribution in [0.5, 0.6) is 0 Å². The van der Waals surface area contributed by atoms with Crippen LogP contribution in [0.2, 0.25) is 0 Å². The molecule has 0 aliphatic carbocycles. The lowest BCUT2D eigenvalue weighted by Crippen LogP contribution is -2.43. The van der Waals surface area contributed by atoms with E-state index in [0.29, 0.717) is 30.5 Å². The van der Waals surface area contributed by atoms with Gasteiger partial charge in [-0.3, -0.25) is 4.79 Å². The van der Waals surface area contributed by atoms with Gasteiger partial charge in [0.1, 0.15) is 0 Å². The Bertz CT molecular complexity index is 669. The number of benzene rings is 1. The molecule has 2 aromatic rings. The van der Waals surface area contributed by atoms with Crippen molar-refractivity contribution >= 4 is 17.2 Å². The van der Waals surface area contributed by atoms with Crippen LogP contribution in [0.25, 0.3) is 10.9 Å². The fraction of sp³-hybridized carbons (Fsp3) is 0.526. The molecule has 3 atom stereocenters. The smallest absolute Gasteiger partial charge is 0.152 e. The maximum atomic E-state index is 11.2. The molecule has 1 aromatic carbocycles. The zero-order valence-electron chi connectivity index (χ0n) is 14.0. The summed E-state index contributed by atoms with van der Waals surface area (Å²) in [5.74, 6) is 1.39. The lowest BCUT2D eigenvalue weighted by atomic mass is 9.92. The van der Waals surface area contributed by atoms with Gasteiger partial charge in [0.15, 0.2) is 6.29 Å². The Labute approximate surface area is 137 Å². The van der Waals surface area contributed by atoms with E-state index >= 15 is 0 Å². The van der Waals surface area contributed by atoms with Crippen molar-refractivity contribution in [2.24, 2.45) is 11.8 Å². The average Bonchev–Trinajstić information content (AvgIpc) is 2.84. The number of fused-ring (bicyclic) bond motifs is 1. The maximum absolute atomic E-state index is 11.2. The Balaban J connectivity index is 1.70. The second-order valence-corrected chi connectivity index (χ2v) is 7.19. The predicted octanol–water partition coefficient (Wildman–Crippen LogP) is 2.79. The molecule has 1 aliphatic rings. The van der Waals surface area contributed by atoms with Crippen molar-refractivity contribution in [1.82, 2.24) is 9.47 Å². The largest absolute Gasteiger partial charge is 0.390 e. The number of aromatic nitrogens is 1. The van der Waals surface area contributed by atoms with Gasteiger partial charge in [0, 0.05) is 48.8 Å². The lowest BCUT2D eigenvalue weighted by Gasteiger charge is -2.36. The molecular weight excluding hydrogens is 288 g/mol. The number of aliphatic hydroxyl groups is 1. The highest BCUT2D eigenvalue weighted by atomic mass is 16.3. The average molecular weight is 314 g/mol. The monoisotopic (exact) mass is 314 g/mol. The molecule has 1 aromatic heterocycles. The Morgan fingerprint density at radius 1 is 1.22 bits per heavy atom. The molecule has 4 heteroatoms. The highest BCUT2D eigenvalue weighted by Crippen LogP contribution is 2.22. The number of carbonyl (C=O) groups excluding carboxylic acids is 1. The second-order valence-electron chi connectivity index (χ2n) is 7.19.